The van der Waals surface area contributed by atoms with Gasteiger partial charge in [-0.05, 0) is 75.3 Å². The molecule has 1 amide bonds. The maximum atomic E-state index is 13.1. The Morgan fingerprint density at radius 2 is 1.75 bits per heavy atom. The van der Waals surface area contributed by atoms with Crippen molar-refractivity contribution in [3.63, 3.8) is 0 Å². The Balaban J connectivity index is 1.29. The monoisotopic (exact) mass is 671 g/mol. The predicted octanol–water partition coefficient (Wildman–Crippen LogP) is 7.33. The van der Waals surface area contributed by atoms with Crippen LogP contribution in [0.25, 0.3) is 33.3 Å². The number of nitrogens with zero attached hydrogens (tertiary/aromatic N) is 5. The molecule has 4 aromatic rings. The Morgan fingerprint density at radius 3 is 2.48 bits per heavy atom. The molecule has 6 rings (SSSR count). The van der Waals surface area contributed by atoms with Crippen molar-refractivity contribution in [2.24, 2.45) is 0 Å². The summed E-state index contributed by atoms with van der Waals surface area (Å²) in [7, 11) is -1.67. The summed E-state index contributed by atoms with van der Waals surface area (Å²) in [4.78, 5) is 29.8. The maximum Gasteiger partial charge on any atom is 0.494 e. The first-order chi connectivity index (χ1) is 22.8. The van der Waals surface area contributed by atoms with Crippen molar-refractivity contribution in [3.8, 4) is 11.3 Å². The van der Waals surface area contributed by atoms with Crippen molar-refractivity contribution in [1.29, 1.82) is 0 Å². The summed E-state index contributed by atoms with van der Waals surface area (Å²) in [6.45, 7) is 19.4. The van der Waals surface area contributed by atoms with Gasteiger partial charge in [0.15, 0.2) is 11.3 Å². The summed E-state index contributed by atoms with van der Waals surface area (Å²) in [5.74, 6) is 0.744. The van der Waals surface area contributed by atoms with Gasteiger partial charge < -0.3 is 18.8 Å². The summed E-state index contributed by atoms with van der Waals surface area (Å²) >= 11 is 0. The van der Waals surface area contributed by atoms with Crippen molar-refractivity contribution < 1.29 is 23.6 Å². The molecular weight excluding hydrogens is 621 g/mol. The minimum atomic E-state index is -1.26. The highest BCUT2D eigenvalue weighted by atomic mass is 28.3. The predicted molar refractivity (Wildman–Crippen MR) is 193 cm³/mol. The Labute approximate surface area is 285 Å². The highest BCUT2D eigenvalue weighted by molar-refractivity contribution is 6.76. The molecule has 0 aliphatic carbocycles. The fourth-order valence-electron chi connectivity index (χ4n) is 6.16. The smallest absolute Gasteiger partial charge is 0.449 e. The molecule has 10 nitrogen and oxygen atoms in total. The Bertz CT molecular complexity index is 1770. The molecule has 48 heavy (non-hydrogen) atoms. The van der Waals surface area contributed by atoms with Crippen LogP contribution in [0.1, 0.15) is 72.2 Å². The van der Waals surface area contributed by atoms with Crippen molar-refractivity contribution in [2.45, 2.75) is 110 Å². The number of unbranched alkanes of at least 4 members (excludes halogenated alkanes) is 1. The number of carbonyl (C=O) groups excluding carboxylic acids is 1. The number of carbonyl (C=O) groups is 1. The van der Waals surface area contributed by atoms with Gasteiger partial charge in [0, 0.05) is 26.8 Å². The quantitative estimate of drug-likeness (QED) is 0.121. The van der Waals surface area contributed by atoms with Gasteiger partial charge in [-0.25, -0.2) is 19.7 Å². The van der Waals surface area contributed by atoms with Gasteiger partial charge in [0.2, 0.25) is 0 Å². The van der Waals surface area contributed by atoms with Gasteiger partial charge in [0.25, 0.3) is 0 Å². The third-order valence-corrected chi connectivity index (χ3v) is 11.6. The van der Waals surface area contributed by atoms with Crippen LogP contribution >= 0.6 is 0 Å². The minimum Gasteiger partial charge on any atom is -0.449 e. The number of ether oxygens (including phenoxy) is 2. The summed E-state index contributed by atoms with van der Waals surface area (Å²) < 4.78 is 26.4. The lowest BCUT2D eigenvalue weighted by molar-refractivity contribution is 0.00578. The molecule has 0 spiro atoms. The van der Waals surface area contributed by atoms with E-state index in [0.29, 0.717) is 37.8 Å². The zero-order chi connectivity index (χ0) is 34.3. The first-order valence-corrected chi connectivity index (χ1v) is 21.1. The topological polar surface area (TPSA) is 101 Å². The van der Waals surface area contributed by atoms with Gasteiger partial charge in [-0.3, -0.25) is 9.47 Å². The number of amides is 1. The fraction of sp³-hybridized carbons (Fsp3) is 0.556. The third kappa shape index (κ3) is 7.17. The standard InChI is InChI=1S/C36H50BN5O5Si/c1-9-10-18-45-34(43)41-17-11-12-30(41)32-40-31-33(42(32)24-44-19-20-48(6,7)8)38-23-29(39-31)27-14-13-26-22-28(16-15-25(26)21-27)37-46-35(2,3)36(4,5)47-37/h13-16,21-23,30H,9-12,17-20,24H2,1-8H3. The number of hydrogen-bond donors (Lipinski definition) is 0. The molecule has 1 unspecified atom stereocenters. The van der Waals surface area contributed by atoms with E-state index in [2.05, 4.69) is 90.7 Å². The number of benzene rings is 2. The van der Waals surface area contributed by atoms with Crippen LogP contribution in [0.15, 0.2) is 42.6 Å². The highest BCUT2D eigenvalue weighted by Gasteiger charge is 2.51. The van der Waals surface area contributed by atoms with Crippen molar-refractivity contribution in [3.05, 3.63) is 48.4 Å². The minimum absolute atomic E-state index is 0.224. The molecule has 1 atom stereocenters. The second-order valence-electron chi connectivity index (χ2n) is 15.4. The molecule has 0 saturated carbocycles. The van der Waals surface area contributed by atoms with E-state index in [-0.39, 0.29) is 12.1 Å². The van der Waals surface area contributed by atoms with E-state index in [4.69, 9.17) is 33.7 Å². The van der Waals surface area contributed by atoms with Crippen molar-refractivity contribution >= 4 is 48.8 Å². The van der Waals surface area contributed by atoms with E-state index >= 15 is 0 Å². The van der Waals surface area contributed by atoms with Gasteiger partial charge in [0.05, 0.1) is 35.7 Å². The van der Waals surface area contributed by atoms with E-state index in [0.717, 1.165) is 65.0 Å². The molecule has 2 aromatic carbocycles. The summed E-state index contributed by atoms with van der Waals surface area (Å²) in [5, 5.41) is 2.18. The molecule has 256 valence electrons. The van der Waals surface area contributed by atoms with Gasteiger partial charge >= 0.3 is 13.2 Å². The van der Waals surface area contributed by atoms with Crippen LogP contribution in [-0.2, 0) is 25.5 Å². The van der Waals surface area contributed by atoms with E-state index in [1.165, 1.54) is 0 Å². The van der Waals surface area contributed by atoms with Gasteiger partial charge in [-0.1, -0.05) is 63.3 Å². The number of rotatable bonds is 11. The molecule has 4 heterocycles. The van der Waals surface area contributed by atoms with Crippen LogP contribution in [0.3, 0.4) is 0 Å². The Morgan fingerprint density at radius 1 is 1.02 bits per heavy atom. The normalized spacial score (nSPS) is 19.1. The molecule has 0 radical (unpaired) electrons. The first kappa shape index (κ1) is 34.5. The molecule has 2 aliphatic rings. The highest BCUT2D eigenvalue weighted by Crippen LogP contribution is 2.37. The molecular formula is C36H50BN5O5Si. The summed E-state index contributed by atoms with van der Waals surface area (Å²) in [6.07, 6.45) is 5.01. The van der Waals surface area contributed by atoms with E-state index < -0.39 is 26.4 Å². The van der Waals surface area contributed by atoms with Crippen LogP contribution in [0.5, 0.6) is 0 Å². The van der Waals surface area contributed by atoms with Gasteiger partial charge in [-0.2, -0.15) is 0 Å². The average molecular weight is 672 g/mol. The number of fused-ring (bicyclic) bond motifs is 2. The van der Waals surface area contributed by atoms with Crippen LogP contribution in [0.2, 0.25) is 25.7 Å². The molecule has 2 fully saturated rings. The van der Waals surface area contributed by atoms with Gasteiger partial charge in [-0.15, -0.1) is 0 Å². The van der Waals surface area contributed by atoms with Crippen LogP contribution in [0.4, 0.5) is 4.79 Å². The zero-order valence-electron chi connectivity index (χ0n) is 29.8. The average Bonchev–Trinajstić information content (AvgIpc) is 3.71. The zero-order valence-corrected chi connectivity index (χ0v) is 30.8. The van der Waals surface area contributed by atoms with E-state index in [1.54, 1.807) is 11.1 Å². The summed E-state index contributed by atoms with van der Waals surface area (Å²) in [5.41, 5.74) is 3.08. The molecule has 0 bridgehead atoms. The molecule has 2 aromatic heterocycles. The first-order valence-electron chi connectivity index (χ1n) is 17.4. The lowest BCUT2D eigenvalue weighted by Crippen LogP contribution is -2.41. The molecule has 12 heteroatoms. The second-order valence-corrected chi connectivity index (χ2v) is 21.0. The maximum absolute atomic E-state index is 13.1. The lowest BCUT2D eigenvalue weighted by atomic mass is 9.78. The SMILES string of the molecule is CCCCOC(=O)N1CCCC1c1nc2nc(-c3ccc4cc(B5OC(C)(C)C(C)(C)O5)ccc4c3)cnc2n1COCC[Si](C)(C)C. The van der Waals surface area contributed by atoms with Crippen molar-refractivity contribution in [1.82, 2.24) is 24.4 Å². The molecule has 2 aliphatic heterocycles. The number of aromatic nitrogens is 4. The Kier molecular flexibility index (Phi) is 9.74. The fourth-order valence-corrected chi connectivity index (χ4v) is 6.92. The summed E-state index contributed by atoms with van der Waals surface area (Å²) in [6, 6.07) is 13.4. The molecule has 2 saturated heterocycles. The van der Waals surface area contributed by atoms with Crippen LogP contribution in [0, 0.1) is 0 Å². The number of imidazole rings is 1. The lowest BCUT2D eigenvalue weighted by Gasteiger charge is -2.32. The van der Waals surface area contributed by atoms with Crippen LogP contribution in [-0.4, -0.2) is 76.7 Å². The number of hydrogen-bond acceptors (Lipinski definition) is 8. The number of likely N-dealkylation sites (tertiary alicyclic amines) is 1. The van der Waals surface area contributed by atoms with Crippen molar-refractivity contribution in [2.75, 3.05) is 19.8 Å². The van der Waals surface area contributed by atoms with Gasteiger partial charge in [0.1, 0.15) is 12.6 Å². The van der Waals surface area contributed by atoms with E-state index in [9.17, 15) is 4.79 Å². The third-order valence-electron chi connectivity index (χ3n) is 9.90. The second kappa shape index (κ2) is 13.5. The largest absolute Gasteiger partial charge is 0.494 e. The van der Waals surface area contributed by atoms with Crippen LogP contribution < -0.4 is 5.46 Å². The molecule has 0 N–H and O–H groups in total. The van der Waals surface area contributed by atoms with E-state index in [1.807, 2.05) is 4.57 Å². The Hall–Kier alpha value is -3.32.